The molecule has 1 aliphatic rings. The molecule has 2 heterocycles. The van der Waals surface area contributed by atoms with Gasteiger partial charge in [-0.05, 0) is 19.8 Å². The molecule has 0 aliphatic carbocycles. The Kier molecular flexibility index (Phi) is 5.77. The van der Waals surface area contributed by atoms with Crippen molar-refractivity contribution < 1.29 is 14.7 Å². The minimum absolute atomic E-state index is 0.0498. The maximum atomic E-state index is 11.7. The van der Waals surface area contributed by atoms with Gasteiger partial charge in [0.2, 0.25) is 5.91 Å². The first-order valence-electron chi connectivity index (χ1n) is 8.22. The van der Waals surface area contributed by atoms with Gasteiger partial charge in [-0.3, -0.25) is 19.2 Å². The molecule has 1 aliphatic heterocycles. The number of carbonyl (C=O) groups is 2. The third kappa shape index (κ3) is 3.97. The van der Waals surface area contributed by atoms with E-state index in [1.165, 1.54) is 13.1 Å². The zero-order valence-electron chi connectivity index (χ0n) is 14.5. The van der Waals surface area contributed by atoms with Crippen LogP contribution < -0.4 is 11.1 Å². The van der Waals surface area contributed by atoms with Crippen LogP contribution >= 0.6 is 0 Å². The van der Waals surface area contributed by atoms with Gasteiger partial charge in [0.15, 0.2) is 5.82 Å². The number of carbonyl (C=O) groups excluding carboxylic acids is 2. The molecular weight excluding hydrogens is 324 g/mol. The van der Waals surface area contributed by atoms with Crippen LogP contribution in [-0.2, 0) is 10.3 Å². The number of nitrogens with zero attached hydrogens (tertiary/aromatic N) is 4. The molecule has 1 saturated heterocycles. The van der Waals surface area contributed by atoms with E-state index in [-0.39, 0.29) is 36.4 Å². The standard InChI is InChI=1S/C16H24N6O3/c1-11(10-23)21-7-4-16(3-6-17,5-8-21)22-9-13(14(18)25)15(20-22)19-12(2)24/h9,11,23H,3-5,7-8,10H2,1-2H3,(H2,18,25)(H,19,20,24). The van der Waals surface area contributed by atoms with Gasteiger partial charge in [0.25, 0.3) is 5.91 Å². The van der Waals surface area contributed by atoms with Gasteiger partial charge >= 0.3 is 0 Å². The highest BCUT2D eigenvalue weighted by Gasteiger charge is 2.39. The number of nitrogens with one attached hydrogen (secondary N) is 1. The van der Waals surface area contributed by atoms with E-state index in [4.69, 9.17) is 5.73 Å². The second-order valence-electron chi connectivity index (χ2n) is 6.51. The first-order valence-corrected chi connectivity index (χ1v) is 8.22. The second kappa shape index (κ2) is 7.63. The summed E-state index contributed by atoms with van der Waals surface area (Å²) in [5.74, 6) is -0.925. The van der Waals surface area contributed by atoms with Gasteiger partial charge in [-0.25, -0.2) is 0 Å². The summed E-state index contributed by atoms with van der Waals surface area (Å²) >= 11 is 0. The molecular formula is C16H24N6O3. The van der Waals surface area contributed by atoms with Crippen LogP contribution in [0, 0.1) is 11.3 Å². The zero-order valence-corrected chi connectivity index (χ0v) is 14.5. The lowest BCUT2D eigenvalue weighted by Gasteiger charge is -2.42. The van der Waals surface area contributed by atoms with Gasteiger partial charge in [0.1, 0.15) is 5.56 Å². The Morgan fingerprint density at radius 1 is 1.52 bits per heavy atom. The molecule has 9 heteroatoms. The summed E-state index contributed by atoms with van der Waals surface area (Å²) in [6.45, 7) is 4.75. The number of hydrogen-bond acceptors (Lipinski definition) is 6. The van der Waals surface area contributed by atoms with Gasteiger partial charge in [0.05, 0.1) is 24.6 Å². The quantitative estimate of drug-likeness (QED) is 0.663. The maximum Gasteiger partial charge on any atom is 0.254 e. The summed E-state index contributed by atoms with van der Waals surface area (Å²) in [4.78, 5) is 25.1. The number of nitriles is 1. The molecule has 1 aromatic rings. The Hall–Kier alpha value is -2.44. The number of rotatable bonds is 6. The highest BCUT2D eigenvalue weighted by Crippen LogP contribution is 2.35. The van der Waals surface area contributed by atoms with E-state index in [9.17, 15) is 20.0 Å². The monoisotopic (exact) mass is 348 g/mol. The lowest BCUT2D eigenvalue weighted by atomic mass is 9.84. The van der Waals surface area contributed by atoms with Gasteiger partial charge in [-0.15, -0.1) is 0 Å². The minimum atomic E-state index is -0.687. The highest BCUT2D eigenvalue weighted by molar-refractivity contribution is 6.01. The average molecular weight is 348 g/mol. The predicted octanol–water partition coefficient (Wildman–Crippen LogP) is 0.0260. The largest absolute Gasteiger partial charge is 0.395 e. The van der Waals surface area contributed by atoms with Crippen molar-refractivity contribution in [2.24, 2.45) is 5.73 Å². The van der Waals surface area contributed by atoms with Crippen molar-refractivity contribution in [2.45, 2.75) is 44.7 Å². The van der Waals surface area contributed by atoms with Crippen LogP contribution in [0.3, 0.4) is 0 Å². The molecule has 4 N–H and O–H groups in total. The molecule has 0 spiro atoms. The van der Waals surface area contributed by atoms with Crippen molar-refractivity contribution in [2.75, 3.05) is 25.0 Å². The third-order valence-electron chi connectivity index (χ3n) is 4.78. The minimum Gasteiger partial charge on any atom is -0.395 e. The SMILES string of the molecule is CC(=O)Nc1nn(C2(CC#N)CCN(C(C)CO)CC2)cc1C(N)=O. The lowest BCUT2D eigenvalue weighted by Crippen LogP contribution is -2.49. The number of amides is 2. The highest BCUT2D eigenvalue weighted by atomic mass is 16.3. The van der Waals surface area contributed by atoms with E-state index in [2.05, 4.69) is 21.4 Å². The Labute approximate surface area is 146 Å². The van der Waals surface area contributed by atoms with Gasteiger partial charge in [-0.2, -0.15) is 10.4 Å². The first kappa shape index (κ1) is 18.9. The second-order valence-corrected chi connectivity index (χ2v) is 6.51. The number of likely N-dealkylation sites (tertiary alicyclic amines) is 1. The van der Waals surface area contributed by atoms with Crippen LogP contribution in [0.15, 0.2) is 6.20 Å². The number of anilines is 1. The Morgan fingerprint density at radius 2 is 2.16 bits per heavy atom. The van der Waals surface area contributed by atoms with E-state index >= 15 is 0 Å². The molecule has 1 aromatic heterocycles. The van der Waals surface area contributed by atoms with Crippen LogP contribution in [0.1, 0.15) is 43.5 Å². The van der Waals surface area contributed by atoms with Crippen molar-refractivity contribution >= 4 is 17.6 Å². The first-order chi connectivity index (χ1) is 11.8. The predicted molar refractivity (Wildman–Crippen MR) is 90.6 cm³/mol. The summed E-state index contributed by atoms with van der Waals surface area (Å²) < 4.78 is 1.60. The van der Waals surface area contributed by atoms with E-state index in [0.717, 1.165) is 0 Å². The molecule has 25 heavy (non-hydrogen) atoms. The fourth-order valence-corrected chi connectivity index (χ4v) is 3.19. The van der Waals surface area contributed by atoms with Crippen LogP contribution in [0.2, 0.25) is 0 Å². The Balaban J connectivity index is 2.33. The molecule has 2 rings (SSSR count). The van der Waals surface area contributed by atoms with E-state index < -0.39 is 11.4 Å². The van der Waals surface area contributed by atoms with Gasteiger partial charge in [-0.1, -0.05) is 0 Å². The average Bonchev–Trinajstić information content (AvgIpc) is 2.99. The fourth-order valence-electron chi connectivity index (χ4n) is 3.19. The summed E-state index contributed by atoms with van der Waals surface area (Å²) in [7, 11) is 0. The topological polar surface area (TPSA) is 137 Å². The van der Waals surface area contributed by atoms with Crippen LogP contribution in [0.4, 0.5) is 5.82 Å². The molecule has 1 unspecified atom stereocenters. The maximum absolute atomic E-state index is 11.7. The van der Waals surface area contributed by atoms with Crippen molar-refractivity contribution in [3.05, 3.63) is 11.8 Å². The van der Waals surface area contributed by atoms with Crippen LogP contribution in [0.25, 0.3) is 0 Å². The summed E-state index contributed by atoms with van der Waals surface area (Å²) in [6.07, 6.45) is 3.03. The van der Waals surface area contributed by atoms with E-state index in [0.29, 0.717) is 25.9 Å². The van der Waals surface area contributed by atoms with Crippen molar-refractivity contribution in [3.8, 4) is 6.07 Å². The number of nitrogens with two attached hydrogens (primary N) is 1. The Morgan fingerprint density at radius 3 is 2.64 bits per heavy atom. The van der Waals surface area contributed by atoms with Crippen LogP contribution in [-0.4, -0.2) is 57.3 Å². The molecule has 136 valence electrons. The number of piperidine rings is 1. The summed E-state index contributed by atoms with van der Waals surface area (Å²) in [5, 5.41) is 25.5. The van der Waals surface area contributed by atoms with Gasteiger partial charge < -0.3 is 16.2 Å². The number of aliphatic hydroxyl groups excluding tert-OH is 1. The van der Waals surface area contributed by atoms with Crippen molar-refractivity contribution in [3.63, 3.8) is 0 Å². The molecule has 9 nitrogen and oxygen atoms in total. The Bertz CT molecular complexity index is 685. The number of primary amides is 1. The number of aromatic nitrogens is 2. The number of aliphatic hydroxyl groups is 1. The third-order valence-corrected chi connectivity index (χ3v) is 4.78. The molecule has 0 saturated carbocycles. The fraction of sp³-hybridized carbons (Fsp3) is 0.625. The molecule has 1 atom stereocenters. The summed E-state index contributed by atoms with van der Waals surface area (Å²) in [6, 6.07) is 2.25. The molecule has 0 radical (unpaired) electrons. The zero-order chi connectivity index (χ0) is 18.6. The molecule has 0 aromatic carbocycles. The van der Waals surface area contributed by atoms with Crippen molar-refractivity contribution in [1.82, 2.24) is 14.7 Å². The molecule has 1 fully saturated rings. The number of hydrogen-bond donors (Lipinski definition) is 3. The van der Waals surface area contributed by atoms with Gasteiger partial charge in [0, 0.05) is 32.3 Å². The molecule has 2 amide bonds. The van der Waals surface area contributed by atoms with E-state index in [1.807, 2.05) is 6.92 Å². The summed E-state index contributed by atoms with van der Waals surface area (Å²) in [5.41, 5.74) is 4.94. The lowest BCUT2D eigenvalue weighted by molar-refractivity contribution is -0.114. The van der Waals surface area contributed by atoms with Crippen LogP contribution in [0.5, 0.6) is 0 Å². The van der Waals surface area contributed by atoms with E-state index in [1.54, 1.807) is 4.68 Å². The molecule has 0 bridgehead atoms. The smallest absolute Gasteiger partial charge is 0.254 e. The van der Waals surface area contributed by atoms with Crippen molar-refractivity contribution in [1.29, 1.82) is 5.26 Å². The normalized spacial score (nSPS) is 18.3.